The lowest BCUT2D eigenvalue weighted by Crippen LogP contribution is -2.49. The van der Waals surface area contributed by atoms with Gasteiger partial charge < -0.3 is 9.64 Å². The zero-order chi connectivity index (χ0) is 16.8. The van der Waals surface area contributed by atoms with E-state index in [9.17, 15) is 4.79 Å². The highest BCUT2D eigenvalue weighted by molar-refractivity contribution is 5.93. The van der Waals surface area contributed by atoms with Gasteiger partial charge in [-0.1, -0.05) is 18.2 Å². The van der Waals surface area contributed by atoms with Crippen LogP contribution in [0.5, 0.6) is 5.75 Å². The number of para-hydroxylation sites is 1. The summed E-state index contributed by atoms with van der Waals surface area (Å²) in [5.74, 6) is 1.58. The summed E-state index contributed by atoms with van der Waals surface area (Å²) in [6.45, 7) is 6.49. The van der Waals surface area contributed by atoms with Crippen molar-refractivity contribution in [3.8, 4) is 5.75 Å². The Morgan fingerprint density at radius 3 is 2.42 bits per heavy atom. The minimum Gasteiger partial charge on any atom is -0.492 e. The number of hydrogen-bond donors (Lipinski definition) is 0. The van der Waals surface area contributed by atoms with Gasteiger partial charge in [-0.05, 0) is 19.1 Å². The molecule has 1 aromatic heterocycles. The van der Waals surface area contributed by atoms with Gasteiger partial charge in [-0.3, -0.25) is 9.69 Å². The molecule has 1 fully saturated rings. The van der Waals surface area contributed by atoms with Crippen LogP contribution in [0.25, 0.3) is 0 Å². The van der Waals surface area contributed by atoms with Crippen molar-refractivity contribution in [2.75, 3.05) is 39.3 Å². The van der Waals surface area contributed by atoms with Crippen molar-refractivity contribution in [3.05, 3.63) is 54.1 Å². The van der Waals surface area contributed by atoms with Crippen LogP contribution in [0, 0.1) is 6.92 Å². The number of aryl methyl sites for hydroxylation is 1. The fraction of sp³-hybridized carbons (Fsp3) is 0.389. The average Bonchev–Trinajstić information content (AvgIpc) is 2.63. The molecule has 6 nitrogen and oxygen atoms in total. The smallest absolute Gasteiger partial charge is 0.257 e. The third kappa shape index (κ3) is 4.29. The number of ether oxygens (including phenoxy) is 1. The van der Waals surface area contributed by atoms with Crippen molar-refractivity contribution in [2.24, 2.45) is 0 Å². The fourth-order valence-electron chi connectivity index (χ4n) is 2.67. The van der Waals surface area contributed by atoms with Crippen molar-refractivity contribution in [1.82, 2.24) is 19.8 Å². The third-order valence-corrected chi connectivity index (χ3v) is 4.11. The second-order valence-electron chi connectivity index (χ2n) is 5.81. The Hall–Kier alpha value is -2.47. The number of hydrogen-bond acceptors (Lipinski definition) is 5. The van der Waals surface area contributed by atoms with Gasteiger partial charge in [0.1, 0.15) is 18.2 Å². The molecule has 0 saturated carbocycles. The zero-order valence-electron chi connectivity index (χ0n) is 13.9. The second kappa shape index (κ2) is 7.88. The van der Waals surface area contributed by atoms with E-state index in [1.807, 2.05) is 42.2 Å². The van der Waals surface area contributed by atoms with Crippen molar-refractivity contribution < 1.29 is 9.53 Å². The number of piperazine rings is 1. The van der Waals surface area contributed by atoms with Crippen LogP contribution in [0.15, 0.2) is 42.7 Å². The summed E-state index contributed by atoms with van der Waals surface area (Å²) in [4.78, 5) is 24.8. The first-order chi connectivity index (χ1) is 11.7. The maximum absolute atomic E-state index is 12.4. The van der Waals surface area contributed by atoms with Crippen LogP contribution < -0.4 is 4.74 Å². The lowest BCUT2D eigenvalue weighted by Gasteiger charge is -2.34. The van der Waals surface area contributed by atoms with Gasteiger partial charge in [-0.15, -0.1) is 0 Å². The molecule has 0 N–H and O–H groups in total. The van der Waals surface area contributed by atoms with Crippen LogP contribution in [0.3, 0.4) is 0 Å². The first-order valence-corrected chi connectivity index (χ1v) is 8.20. The molecular weight excluding hydrogens is 304 g/mol. The van der Waals surface area contributed by atoms with E-state index in [2.05, 4.69) is 14.9 Å². The van der Waals surface area contributed by atoms with Crippen molar-refractivity contribution >= 4 is 5.91 Å². The molecule has 2 aromatic rings. The highest BCUT2D eigenvalue weighted by atomic mass is 16.5. The second-order valence-corrected chi connectivity index (χ2v) is 5.81. The fourth-order valence-corrected chi connectivity index (χ4v) is 2.67. The van der Waals surface area contributed by atoms with Crippen LogP contribution >= 0.6 is 0 Å². The van der Waals surface area contributed by atoms with Crippen molar-refractivity contribution in [3.63, 3.8) is 0 Å². The van der Waals surface area contributed by atoms with E-state index in [4.69, 9.17) is 4.74 Å². The Kier molecular flexibility index (Phi) is 5.38. The molecule has 0 atom stereocenters. The number of carbonyl (C=O) groups excluding carboxylic acids is 1. The summed E-state index contributed by atoms with van der Waals surface area (Å²) >= 11 is 0. The highest BCUT2D eigenvalue weighted by Gasteiger charge is 2.22. The number of nitrogens with zero attached hydrogens (tertiary/aromatic N) is 4. The van der Waals surface area contributed by atoms with Gasteiger partial charge in [0.25, 0.3) is 5.91 Å². The molecule has 24 heavy (non-hydrogen) atoms. The first-order valence-electron chi connectivity index (χ1n) is 8.20. The Morgan fingerprint density at radius 2 is 1.75 bits per heavy atom. The molecule has 3 rings (SSSR count). The van der Waals surface area contributed by atoms with Gasteiger partial charge in [0.15, 0.2) is 0 Å². The highest BCUT2D eigenvalue weighted by Crippen LogP contribution is 2.10. The standard InChI is InChI=1S/C18H22N4O2/c1-15-19-13-16(14-20-15)18(23)22-9-7-21(8-10-22)11-12-24-17-5-3-2-4-6-17/h2-6,13-14H,7-12H2,1H3. The third-order valence-electron chi connectivity index (χ3n) is 4.11. The maximum atomic E-state index is 12.4. The summed E-state index contributed by atoms with van der Waals surface area (Å²) in [7, 11) is 0. The zero-order valence-corrected chi connectivity index (χ0v) is 13.9. The molecule has 1 aliphatic heterocycles. The lowest BCUT2D eigenvalue weighted by molar-refractivity contribution is 0.0619. The molecule has 6 heteroatoms. The van der Waals surface area contributed by atoms with Crippen LogP contribution in [0.1, 0.15) is 16.2 Å². The van der Waals surface area contributed by atoms with E-state index in [1.165, 1.54) is 0 Å². The minimum absolute atomic E-state index is 0.00943. The van der Waals surface area contributed by atoms with E-state index in [0.717, 1.165) is 38.5 Å². The Morgan fingerprint density at radius 1 is 1.08 bits per heavy atom. The van der Waals surface area contributed by atoms with Crippen molar-refractivity contribution in [2.45, 2.75) is 6.92 Å². The Labute approximate surface area is 142 Å². The number of benzene rings is 1. The van der Waals surface area contributed by atoms with Crippen LogP contribution in [0.2, 0.25) is 0 Å². The van der Waals surface area contributed by atoms with Gasteiger partial charge >= 0.3 is 0 Å². The molecule has 2 heterocycles. The van der Waals surface area contributed by atoms with Crippen molar-refractivity contribution in [1.29, 1.82) is 0 Å². The molecule has 0 spiro atoms. The molecule has 126 valence electrons. The number of carbonyl (C=O) groups is 1. The van der Waals surface area contributed by atoms with Gasteiger partial charge in [0.05, 0.1) is 5.56 Å². The molecule has 0 radical (unpaired) electrons. The summed E-state index contributed by atoms with van der Waals surface area (Å²) in [5.41, 5.74) is 0.557. The molecule has 1 aliphatic rings. The predicted octanol–water partition coefficient (Wildman–Crippen LogP) is 1.62. The average molecular weight is 326 g/mol. The molecule has 0 bridgehead atoms. The van der Waals surface area contributed by atoms with E-state index >= 15 is 0 Å². The summed E-state index contributed by atoms with van der Waals surface area (Å²) < 4.78 is 5.72. The topological polar surface area (TPSA) is 58.6 Å². The molecule has 1 saturated heterocycles. The summed E-state index contributed by atoms with van der Waals surface area (Å²) in [5, 5.41) is 0. The SMILES string of the molecule is Cc1ncc(C(=O)N2CCN(CCOc3ccccc3)CC2)cn1. The first kappa shape index (κ1) is 16.4. The van der Waals surface area contributed by atoms with E-state index < -0.39 is 0 Å². The van der Waals surface area contributed by atoms with Crippen LogP contribution in [-0.4, -0.2) is 65.0 Å². The number of amides is 1. The normalized spacial score (nSPS) is 15.3. The molecule has 1 amide bonds. The Bertz CT molecular complexity index is 652. The monoisotopic (exact) mass is 326 g/mol. The quantitative estimate of drug-likeness (QED) is 0.836. The molecular formula is C18H22N4O2. The van der Waals surface area contributed by atoms with E-state index in [0.29, 0.717) is 18.0 Å². The summed E-state index contributed by atoms with van der Waals surface area (Å²) in [6.07, 6.45) is 3.20. The molecule has 0 unspecified atom stereocenters. The largest absolute Gasteiger partial charge is 0.492 e. The molecule has 0 aliphatic carbocycles. The van der Waals surface area contributed by atoms with E-state index in [1.54, 1.807) is 12.4 Å². The van der Waals surface area contributed by atoms with E-state index in [-0.39, 0.29) is 5.91 Å². The van der Waals surface area contributed by atoms with Gasteiger partial charge in [-0.25, -0.2) is 9.97 Å². The van der Waals surface area contributed by atoms with Gasteiger partial charge in [-0.2, -0.15) is 0 Å². The number of aromatic nitrogens is 2. The number of rotatable bonds is 5. The van der Waals surface area contributed by atoms with Crippen LogP contribution in [-0.2, 0) is 0 Å². The maximum Gasteiger partial charge on any atom is 0.257 e. The van der Waals surface area contributed by atoms with Gasteiger partial charge in [0.2, 0.25) is 0 Å². The Balaban J connectivity index is 1.42. The molecule has 1 aromatic carbocycles. The lowest BCUT2D eigenvalue weighted by atomic mass is 10.2. The summed E-state index contributed by atoms with van der Waals surface area (Å²) in [6, 6.07) is 9.83. The minimum atomic E-state index is 0.00943. The van der Waals surface area contributed by atoms with Crippen LogP contribution in [0.4, 0.5) is 0 Å². The van der Waals surface area contributed by atoms with Gasteiger partial charge in [0, 0.05) is 45.1 Å². The predicted molar refractivity (Wildman–Crippen MR) is 91.0 cm³/mol.